The Hall–Kier alpha value is -2.05. The van der Waals surface area contributed by atoms with Gasteiger partial charge in [-0.1, -0.05) is 13.0 Å². The molecule has 2 aromatic rings. The van der Waals surface area contributed by atoms with Gasteiger partial charge in [0.05, 0.1) is 26.0 Å². The minimum Gasteiger partial charge on any atom is -0.493 e. The molecule has 1 aromatic carbocycles. The molecule has 3 N–H and O–H groups in total. The van der Waals surface area contributed by atoms with E-state index >= 15 is 0 Å². The fourth-order valence-corrected chi connectivity index (χ4v) is 2.37. The van der Waals surface area contributed by atoms with Gasteiger partial charge in [0.15, 0.2) is 11.5 Å². The first-order valence-electron chi connectivity index (χ1n) is 6.94. The van der Waals surface area contributed by atoms with Crippen molar-refractivity contribution in [1.82, 2.24) is 15.2 Å². The minimum absolute atomic E-state index is 0.154. The Bertz CT molecular complexity index is 583. The number of hydrogen-bond acceptors (Lipinski definition) is 5. The quantitative estimate of drug-likeness (QED) is 0.601. The summed E-state index contributed by atoms with van der Waals surface area (Å²) in [4.78, 5) is 0. The van der Waals surface area contributed by atoms with Crippen LogP contribution in [0.3, 0.4) is 0 Å². The Morgan fingerprint density at radius 3 is 2.62 bits per heavy atom. The molecule has 0 saturated heterocycles. The Balaban J connectivity index is 2.39. The maximum atomic E-state index is 5.76. The zero-order valence-corrected chi connectivity index (χ0v) is 12.7. The van der Waals surface area contributed by atoms with Crippen LogP contribution in [0, 0.1) is 0 Å². The molecule has 6 nitrogen and oxygen atoms in total. The van der Waals surface area contributed by atoms with Crippen LogP contribution in [0.1, 0.15) is 30.6 Å². The molecule has 0 aliphatic carbocycles. The summed E-state index contributed by atoms with van der Waals surface area (Å²) >= 11 is 0. The van der Waals surface area contributed by atoms with E-state index in [-0.39, 0.29) is 6.04 Å². The molecule has 21 heavy (non-hydrogen) atoms. The highest BCUT2D eigenvalue weighted by atomic mass is 16.5. The fraction of sp³-hybridized carbons (Fsp3) is 0.400. The van der Waals surface area contributed by atoms with E-state index in [2.05, 4.69) is 17.4 Å². The second-order valence-electron chi connectivity index (χ2n) is 4.69. The van der Waals surface area contributed by atoms with Gasteiger partial charge in [0.2, 0.25) is 0 Å². The average molecular weight is 290 g/mol. The largest absolute Gasteiger partial charge is 0.493 e. The maximum absolute atomic E-state index is 5.76. The number of aryl methyl sites for hydroxylation is 1. The van der Waals surface area contributed by atoms with E-state index in [9.17, 15) is 0 Å². The third-order valence-electron chi connectivity index (χ3n) is 3.39. The molecular weight excluding hydrogens is 268 g/mol. The van der Waals surface area contributed by atoms with Gasteiger partial charge in [-0.3, -0.25) is 10.5 Å². The molecule has 0 spiro atoms. The van der Waals surface area contributed by atoms with Crippen LogP contribution >= 0.6 is 0 Å². The van der Waals surface area contributed by atoms with Crippen LogP contribution in [0.25, 0.3) is 0 Å². The van der Waals surface area contributed by atoms with E-state index in [0.717, 1.165) is 24.2 Å². The third kappa shape index (κ3) is 3.17. The van der Waals surface area contributed by atoms with E-state index in [0.29, 0.717) is 11.5 Å². The van der Waals surface area contributed by atoms with E-state index in [1.165, 1.54) is 0 Å². The first kappa shape index (κ1) is 15.3. The summed E-state index contributed by atoms with van der Waals surface area (Å²) in [7, 11) is 3.24. The predicted molar refractivity (Wildman–Crippen MR) is 81.2 cm³/mol. The fourth-order valence-electron chi connectivity index (χ4n) is 2.37. The van der Waals surface area contributed by atoms with Crippen LogP contribution in [0.2, 0.25) is 0 Å². The lowest BCUT2D eigenvalue weighted by Gasteiger charge is -2.19. The first-order valence-corrected chi connectivity index (χ1v) is 6.94. The van der Waals surface area contributed by atoms with Crippen molar-refractivity contribution in [2.45, 2.75) is 25.9 Å². The van der Waals surface area contributed by atoms with Crippen LogP contribution < -0.4 is 20.7 Å². The summed E-state index contributed by atoms with van der Waals surface area (Å²) in [6, 6.07) is 7.58. The van der Waals surface area contributed by atoms with Crippen LogP contribution in [-0.2, 0) is 6.54 Å². The summed E-state index contributed by atoms with van der Waals surface area (Å²) in [5.41, 5.74) is 4.86. The molecule has 0 aliphatic heterocycles. The van der Waals surface area contributed by atoms with Gasteiger partial charge < -0.3 is 9.47 Å². The molecule has 0 aliphatic rings. The van der Waals surface area contributed by atoms with Crippen molar-refractivity contribution in [2.75, 3.05) is 14.2 Å². The summed E-state index contributed by atoms with van der Waals surface area (Å²) in [5.74, 6) is 7.13. The highest BCUT2D eigenvalue weighted by molar-refractivity contribution is 5.45. The van der Waals surface area contributed by atoms with E-state index < -0.39 is 0 Å². The summed E-state index contributed by atoms with van der Waals surface area (Å²) in [6.45, 7) is 2.97. The van der Waals surface area contributed by atoms with Gasteiger partial charge in [-0.15, -0.1) is 0 Å². The third-order valence-corrected chi connectivity index (χ3v) is 3.39. The van der Waals surface area contributed by atoms with Crippen LogP contribution in [0.5, 0.6) is 11.5 Å². The number of methoxy groups -OCH3 is 2. The summed E-state index contributed by atoms with van der Waals surface area (Å²) < 4.78 is 12.6. The van der Waals surface area contributed by atoms with E-state index in [4.69, 9.17) is 15.3 Å². The molecule has 6 heteroatoms. The number of aromatic nitrogens is 2. The predicted octanol–water partition coefficient (Wildman–Crippen LogP) is 1.86. The SMILES string of the molecule is CCCn1nccc1C(NN)c1ccc(OC)c(OC)c1. The Morgan fingerprint density at radius 1 is 1.24 bits per heavy atom. The van der Waals surface area contributed by atoms with Crippen LogP contribution in [0.4, 0.5) is 0 Å². The van der Waals surface area contributed by atoms with Gasteiger partial charge in [0.1, 0.15) is 0 Å². The molecule has 1 unspecified atom stereocenters. The van der Waals surface area contributed by atoms with Crippen molar-refractivity contribution in [1.29, 1.82) is 0 Å². The van der Waals surface area contributed by atoms with Crippen molar-refractivity contribution in [2.24, 2.45) is 5.84 Å². The number of hydrogen-bond donors (Lipinski definition) is 2. The van der Waals surface area contributed by atoms with Gasteiger partial charge in [-0.25, -0.2) is 5.43 Å². The number of hydrazine groups is 1. The molecule has 2 rings (SSSR count). The second kappa shape index (κ2) is 7.10. The molecule has 1 atom stereocenters. The standard InChI is InChI=1S/C15H22N4O2/c1-4-9-19-12(7-8-17-19)15(18-16)11-5-6-13(20-2)14(10-11)21-3/h5-8,10,15,18H,4,9,16H2,1-3H3. The van der Waals surface area contributed by atoms with Gasteiger partial charge >= 0.3 is 0 Å². The van der Waals surface area contributed by atoms with Crippen LogP contribution in [0.15, 0.2) is 30.5 Å². The van der Waals surface area contributed by atoms with Crippen molar-refractivity contribution >= 4 is 0 Å². The molecule has 0 radical (unpaired) electrons. The number of nitrogens with zero attached hydrogens (tertiary/aromatic N) is 2. The minimum atomic E-state index is -0.154. The molecule has 1 aromatic heterocycles. The first-order chi connectivity index (χ1) is 10.2. The van der Waals surface area contributed by atoms with Gasteiger partial charge in [-0.2, -0.15) is 5.10 Å². The topological polar surface area (TPSA) is 74.3 Å². The van der Waals surface area contributed by atoms with Crippen molar-refractivity contribution in [3.05, 3.63) is 41.7 Å². The van der Waals surface area contributed by atoms with E-state index in [1.807, 2.05) is 28.9 Å². The van der Waals surface area contributed by atoms with Crippen LogP contribution in [-0.4, -0.2) is 24.0 Å². The molecule has 0 saturated carbocycles. The highest BCUT2D eigenvalue weighted by Gasteiger charge is 2.18. The zero-order chi connectivity index (χ0) is 15.2. The molecular formula is C15H22N4O2. The zero-order valence-electron chi connectivity index (χ0n) is 12.7. The number of nitrogens with one attached hydrogen (secondary N) is 1. The maximum Gasteiger partial charge on any atom is 0.161 e. The molecule has 114 valence electrons. The van der Waals surface area contributed by atoms with Crippen molar-refractivity contribution in [3.8, 4) is 11.5 Å². The lowest BCUT2D eigenvalue weighted by molar-refractivity contribution is 0.354. The number of nitrogens with two attached hydrogens (primary N) is 1. The molecule has 1 heterocycles. The Kier molecular flexibility index (Phi) is 5.19. The van der Waals surface area contributed by atoms with Gasteiger partial charge in [0, 0.05) is 12.7 Å². The van der Waals surface area contributed by atoms with Gasteiger partial charge in [0.25, 0.3) is 0 Å². The number of ether oxygens (including phenoxy) is 2. The molecule has 0 amide bonds. The van der Waals surface area contributed by atoms with Crippen molar-refractivity contribution < 1.29 is 9.47 Å². The smallest absolute Gasteiger partial charge is 0.161 e. The molecule has 0 bridgehead atoms. The summed E-state index contributed by atoms with van der Waals surface area (Å²) in [5, 5.41) is 4.34. The number of benzene rings is 1. The molecule has 0 fully saturated rings. The Morgan fingerprint density at radius 2 is 2.00 bits per heavy atom. The van der Waals surface area contributed by atoms with E-state index in [1.54, 1.807) is 20.4 Å². The summed E-state index contributed by atoms with van der Waals surface area (Å²) in [6.07, 6.45) is 2.80. The Labute approximate surface area is 124 Å². The van der Waals surface area contributed by atoms with Gasteiger partial charge in [-0.05, 0) is 30.2 Å². The monoisotopic (exact) mass is 290 g/mol. The average Bonchev–Trinajstić information content (AvgIpc) is 2.96. The second-order valence-corrected chi connectivity index (χ2v) is 4.69. The highest BCUT2D eigenvalue weighted by Crippen LogP contribution is 2.31. The normalized spacial score (nSPS) is 12.2. The lowest BCUT2D eigenvalue weighted by Crippen LogP contribution is -2.30. The lowest BCUT2D eigenvalue weighted by atomic mass is 10.0. The number of rotatable bonds is 7. The van der Waals surface area contributed by atoms with Crippen molar-refractivity contribution in [3.63, 3.8) is 0 Å².